The number of morpholine rings is 1. The summed E-state index contributed by atoms with van der Waals surface area (Å²) in [5, 5.41) is 4.93. The van der Waals surface area contributed by atoms with E-state index in [1.54, 1.807) is 0 Å². The van der Waals surface area contributed by atoms with Crippen LogP contribution in [-0.2, 0) is 28.9 Å². The van der Waals surface area contributed by atoms with Crippen LogP contribution in [0, 0.1) is 11.8 Å². The van der Waals surface area contributed by atoms with Crippen LogP contribution in [0.2, 0.25) is 0 Å². The lowest BCUT2D eigenvalue weighted by Gasteiger charge is -2.26. The van der Waals surface area contributed by atoms with E-state index < -0.39 is 0 Å². The van der Waals surface area contributed by atoms with Crippen molar-refractivity contribution in [2.75, 3.05) is 51.4 Å². The van der Waals surface area contributed by atoms with Gasteiger partial charge >= 0.3 is 0 Å². The second kappa shape index (κ2) is 9.47. The Morgan fingerprint density at radius 3 is 2.90 bits per heavy atom. The zero-order valence-corrected chi connectivity index (χ0v) is 18.9. The molecule has 1 aliphatic heterocycles. The van der Waals surface area contributed by atoms with Gasteiger partial charge in [0.15, 0.2) is 0 Å². The summed E-state index contributed by atoms with van der Waals surface area (Å²) in [6, 6.07) is 0. The fourth-order valence-electron chi connectivity index (χ4n) is 4.46. The standard InChI is InChI=1S/C23H34N4O2S/c1-16-3-6-18-19(13-16)30-23-21(18)22(24-7-2-10-29-15-17-4-5-17)25-20(26-23)14-27-8-11-28-12-9-27/h16-17H,2-15H2,1H3,(H,24,25,26). The Hall–Kier alpha value is -1.28. The summed E-state index contributed by atoms with van der Waals surface area (Å²) < 4.78 is 11.3. The van der Waals surface area contributed by atoms with Gasteiger partial charge in [0, 0.05) is 37.7 Å². The molecule has 164 valence electrons. The molecule has 2 fully saturated rings. The number of thiophene rings is 1. The molecule has 1 unspecified atom stereocenters. The van der Waals surface area contributed by atoms with Crippen LogP contribution < -0.4 is 5.32 Å². The molecule has 3 heterocycles. The lowest BCUT2D eigenvalue weighted by atomic mass is 9.89. The number of fused-ring (bicyclic) bond motifs is 3. The minimum absolute atomic E-state index is 0.770. The number of anilines is 1. The number of aryl methyl sites for hydroxylation is 1. The summed E-state index contributed by atoms with van der Waals surface area (Å²) in [4.78, 5) is 15.1. The van der Waals surface area contributed by atoms with E-state index in [1.165, 1.54) is 46.3 Å². The molecule has 0 bridgehead atoms. The number of ether oxygens (including phenoxy) is 2. The van der Waals surface area contributed by atoms with Crippen molar-refractivity contribution < 1.29 is 9.47 Å². The van der Waals surface area contributed by atoms with Crippen molar-refractivity contribution in [1.82, 2.24) is 14.9 Å². The van der Waals surface area contributed by atoms with Crippen LogP contribution in [0.3, 0.4) is 0 Å². The number of hydrogen-bond acceptors (Lipinski definition) is 7. The van der Waals surface area contributed by atoms with Crippen LogP contribution in [0.1, 0.15) is 48.9 Å². The summed E-state index contributed by atoms with van der Waals surface area (Å²) >= 11 is 1.89. The maximum absolute atomic E-state index is 5.81. The van der Waals surface area contributed by atoms with Gasteiger partial charge < -0.3 is 14.8 Å². The van der Waals surface area contributed by atoms with E-state index in [2.05, 4.69) is 17.1 Å². The molecule has 2 aromatic heterocycles. The number of rotatable bonds is 9. The summed E-state index contributed by atoms with van der Waals surface area (Å²) in [6.07, 6.45) is 7.32. The second-order valence-corrected chi connectivity index (χ2v) is 10.3. The number of aromatic nitrogens is 2. The van der Waals surface area contributed by atoms with Gasteiger partial charge in [-0.15, -0.1) is 11.3 Å². The SMILES string of the molecule is CC1CCc2c(sc3nc(CN4CCOCC4)nc(NCCCOCC4CC4)c23)C1. The summed E-state index contributed by atoms with van der Waals surface area (Å²) in [6.45, 7) is 9.37. The van der Waals surface area contributed by atoms with E-state index in [9.17, 15) is 0 Å². The van der Waals surface area contributed by atoms with Crippen LogP contribution in [0.15, 0.2) is 0 Å². The third-order valence-corrected chi connectivity index (χ3v) is 7.63. The lowest BCUT2D eigenvalue weighted by molar-refractivity contribution is 0.0331. The summed E-state index contributed by atoms with van der Waals surface area (Å²) in [7, 11) is 0. The Kier molecular flexibility index (Phi) is 6.51. The summed E-state index contributed by atoms with van der Waals surface area (Å²) in [5.41, 5.74) is 1.50. The molecular formula is C23H34N4O2S. The normalized spacial score (nSPS) is 22.4. The van der Waals surface area contributed by atoms with E-state index >= 15 is 0 Å². The lowest BCUT2D eigenvalue weighted by Crippen LogP contribution is -2.36. The average Bonchev–Trinajstić information content (AvgIpc) is 3.50. The quantitative estimate of drug-likeness (QED) is 0.610. The molecule has 7 heteroatoms. The largest absolute Gasteiger partial charge is 0.381 e. The Balaban J connectivity index is 1.32. The Morgan fingerprint density at radius 1 is 1.20 bits per heavy atom. The molecule has 0 amide bonds. The molecule has 1 saturated heterocycles. The van der Waals surface area contributed by atoms with E-state index in [-0.39, 0.29) is 0 Å². The smallest absolute Gasteiger partial charge is 0.146 e. The molecule has 2 aliphatic carbocycles. The number of hydrogen-bond donors (Lipinski definition) is 1. The third-order valence-electron chi connectivity index (χ3n) is 6.48. The van der Waals surface area contributed by atoms with Gasteiger partial charge in [0.1, 0.15) is 16.5 Å². The number of nitrogens with zero attached hydrogens (tertiary/aromatic N) is 3. The van der Waals surface area contributed by atoms with E-state index in [1.807, 2.05) is 11.3 Å². The molecule has 2 aromatic rings. The van der Waals surface area contributed by atoms with Gasteiger partial charge in [-0.25, -0.2) is 9.97 Å². The van der Waals surface area contributed by atoms with Crippen molar-refractivity contribution in [3.63, 3.8) is 0 Å². The van der Waals surface area contributed by atoms with Crippen molar-refractivity contribution >= 4 is 27.4 Å². The molecule has 0 aromatic carbocycles. The van der Waals surface area contributed by atoms with Gasteiger partial charge in [-0.1, -0.05) is 6.92 Å². The third kappa shape index (κ3) is 4.96. The van der Waals surface area contributed by atoms with E-state index in [0.29, 0.717) is 0 Å². The van der Waals surface area contributed by atoms with Crippen molar-refractivity contribution in [3.8, 4) is 0 Å². The van der Waals surface area contributed by atoms with E-state index in [4.69, 9.17) is 19.4 Å². The zero-order valence-electron chi connectivity index (χ0n) is 18.1. The zero-order chi connectivity index (χ0) is 20.3. The van der Waals surface area contributed by atoms with Gasteiger partial charge in [-0.2, -0.15) is 0 Å². The van der Waals surface area contributed by atoms with Crippen molar-refractivity contribution in [2.24, 2.45) is 11.8 Å². The maximum Gasteiger partial charge on any atom is 0.146 e. The topological polar surface area (TPSA) is 59.5 Å². The highest BCUT2D eigenvalue weighted by atomic mass is 32.1. The van der Waals surface area contributed by atoms with E-state index in [0.717, 1.165) is 88.9 Å². The Labute approximate surface area is 183 Å². The Morgan fingerprint density at radius 2 is 2.07 bits per heavy atom. The maximum atomic E-state index is 5.81. The predicted octanol–water partition coefficient (Wildman–Crippen LogP) is 3.88. The minimum Gasteiger partial charge on any atom is -0.381 e. The Bertz CT molecular complexity index is 860. The van der Waals surface area contributed by atoms with Crippen LogP contribution in [0.4, 0.5) is 5.82 Å². The van der Waals surface area contributed by atoms with Gasteiger partial charge in [-0.3, -0.25) is 4.90 Å². The first kappa shape index (κ1) is 20.6. The first-order valence-corrected chi connectivity index (χ1v) is 12.5. The van der Waals surface area contributed by atoms with Gasteiger partial charge in [-0.05, 0) is 55.9 Å². The van der Waals surface area contributed by atoms with Gasteiger partial charge in [0.05, 0.1) is 25.1 Å². The molecule has 3 aliphatic rings. The molecule has 1 atom stereocenters. The fourth-order valence-corrected chi connectivity index (χ4v) is 5.86. The van der Waals surface area contributed by atoms with Crippen LogP contribution in [-0.4, -0.2) is 60.9 Å². The summed E-state index contributed by atoms with van der Waals surface area (Å²) in [5.74, 6) is 3.58. The molecular weight excluding hydrogens is 396 g/mol. The molecule has 1 saturated carbocycles. The first-order chi connectivity index (χ1) is 14.8. The van der Waals surface area contributed by atoms with Crippen molar-refractivity contribution in [2.45, 2.75) is 52.0 Å². The predicted molar refractivity (Wildman–Crippen MR) is 121 cm³/mol. The van der Waals surface area contributed by atoms with Gasteiger partial charge in [0.2, 0.25) is 0 Å². The molecule has 0 radical (unpaired) electrons. The molecule has 0 spiro atoms. The molecule has 1 N–H and O–H groups in total. The van der Waals surface area contributed by atoms with Crippen LogP contribution in [0.5, 0.6) is 0 Å². The second-order valence-electron chi connectivity index (χ2n) is 9.21. The number of nitrogens with one attached hydrogen (secondary N) is 1. The monoisotopic (exact) mass is 430 g/mol. The van der Waals surface area contributed by atoms with Crippen molar-refractivity contribution in [1.29, 1.82) is 0 Å². The first-order valence-electron chi connectivity index (χ1n) is 11.7. The van der Waals surface area contributed by atoms with Crippen LogP contribution >= 0.6 is 11.3 Å². The highest BCUT2D eigenvalue weighted by Crippen LogP contribution is 2.40. The fraction of sp³-hybridized carbons (Fsp3) is 0.739. The minimum atomic E-state index is 0.770. The molecule has 6 nitrogen and oxygen atoms in total. The van der Waals surface area contributed by atoms with Crippen LogP contribution in [0.25, 0.3) is 10.2 Å². The molecule has 5 rings (SSSR count). The molecule has 30 heavy (non-hydrogen) atoms. The average molecular weight is 431 g/mol. The van der Waals surface area contributed by atoms with Crippen molar-refractivity contribution in [3.05, 3.63) is 16.3 Å². The highest BCUT2D eigenvalue weighted by Gasteiger charge is 2.25. The van der Waals surface area contributed by atoms with Gasteiger partial charge in [0.25, 0.3) is 0 Å². The highest BCUT2D eigenvalue weighted by molar-refractivity contribution is 7.19.